The monoisotopic (exact) mass is 454 g/mol. The molecule has 178 valence electrons. The lowest BCUT2D eigenvalue weighted by molar-refractivity contribution is -0.157. The van der Waals surface area contributed by atoms with Crippen molar-refractivity contribution in [1.82, 2.24) is 14.5 Å². The first-order valence-electron chi connectivity index (χ1n) is 11.5. The van der Waals surface area contributed by atoms with Gasteiger partial charge in [-0.3, -0.25) is 9.36 Å². The minimum absolute atomic E-state index is 0.0957. The molecule has 1 unspecified atom stereocenters. The van der Waals surface area contributed by atoms with Crippen LogP contribution in [0.5, 0.6) is 0 Å². The van der Waals surface area contributed by atoms with Crippen LogP contribution in [0.3, 0.4) is 0 Å². The Morgan fingerprint density at radius 2 is 1.88 bits per heavy atom. The molecule has 1 N–H and O–H groups in total. The number of aromatic nitrogens is 2. The van der Waals surface area contributed by atoms with Crippen LogP contribution < -0.4 is 5.32 Å². The van der Waals surface area contributed by atoms with E-state index >= 15 is 0 Å². The van der Waals surface area contributed by atoms with Crippen molar-refractivity contribution < 1.29 is 19.1 Å². The predicted octanol–water partition coefficient (Wildman–Crippen LogP) is 4.89. The first-order valence-corrected chi connectivity index (χ1v) is 11.5. The summed E-state index contributed by atoms with van der Waals surface area (Å²) in [4.78, 5) is 31.8. The number of anilines is 1. The van der Waals surface area contributed by atoms with Gasteiger partial charge in [0.05, 0.1) is 17.5 Å². The number of carbonyl (C=O) groups excluding carboxylic acids is 2. The first-order chi connectivity index (χ1) is 15.5. The second-order valence-electron chi connectivity index (χ2n) is 10.8. The maximum atomic E-state index is 13.1. The van der Waals surface area contributed by atoms with E-state index in [1.165, 1.54) is 0 Å². The number of nitrogens with one attached hydrogen (secondary N) is 1. The number of ether oxygens (including phenoxy) is 2. The third-order valence-electron chi connectivity index (χ3n) is 6.06. The minimum atomic E-state index is -0.576. The van der Waals surface area contributed by atoms with E-state index in [9.17, 15) is 9.59 Å². The number of hydrogen-bond donors (Lipinski definition) is 1. The number of rotatable bonds is 3. The summed E-state index contributed by atoms with van der Waals surface area (Å²) in [7, 11) is 0. The van der Waals surface area contributed by atoms with Gasteiger partial charge in [0, 0.05) is 30.5 Å². The van der Waals surface area contributed by atoms with Crippen LogP contribution in [0.15, 0.2) is 36.7 Å². The molecule has 2 aliphatic heterocycles. The summed E-state index contributed by atoms with van der Waals surface area (Å²) in [6, 6.07) is 7.81. The molecule has 1 aromatic heterocycles. The Hall–Kier alpha value is -3.03. The van der Waals surface area contributed by atoms with Crippen molar-refractivity contribution in [2.45, 2.75) is 72.4 Å². The van der Waals surface area contributed by atoms with Gasteiger partial charge in [0.15, 0.2) is 6.73 Å². The van der Waals surface area contributed by atoms with Crippen LogP contribution in [0.1, 0.15) is 71.4 Å². The highest BCUT2D eigenvalue weighted by atomic mass is 16.6. The van der Waals surface area contributed by atoms with Crippen molar-refractivity contribution >= 4 is 17.7 Å². The van der Waals surface area contributed by atoms with Crippen LogP contribution >= 0.6 is 0 Å². The number of imidazole rings is 1. The topological polar surface area (TPSA) is 85.7 Å². The number of para-hydroxylation sites is 1. The Morgan fingerprint density at radius 1 is 1.15 bits per heavy atom. The highest BCUT2D eigenvalue weighted by Crippen LogP contribution is 2.51. The van der Waals surface area contributed by atoms with Gasteiger partial charge >= 0.3 is 12.1 Å². The molecule has 1 fully saturated rings. The van der Waals surface area contributed by atoms with Crippen molar-refractivity contribution in [2.24, 2.45) is 11.3 Å². The second-order valence-corrected chi connectivity index (χ2v) is 10.8. The molecule has 1 amide bonds. The fourth-order valence-corrected chi connectivity index (χ4v) is 4.56. The molecular formula is C25H34N4O4. The number of esters is 1. The van der Waals surface area contributed by atoms with E-state index < -0.39 is 11.0 Å². The SMILES string of the molecule is CC(C)(C)OC(=O)N1CC[C@H]2C1c1ccccc1N[C@H]2c1nccn1COC(=O)C(C)(C)C. The summed E-state index contributed by atoms with van der Waals surface area (Å²) < 4.78 is 13.1. The third kappa shape index (κ3) is 4.70. The average Bonchev–Trinajstić information content (AvgIpc) is 3.37. The third-order valence-corrected chi connectivity index (χ3v) is 6.06. The standard InChI is InChI=1S/C25H34N4O4/c1-24(2,3)22(30)32-15-28-14-12-26-21(28)19-17-11-13-29(23(31)33-25(4,5)6)20(17)16-9-7-8-10-18(16)27-19/h7-10,12,14,17,19-20,27H,11,13,15H2,1-6H3/t17-,19-,20?/m1/s1. The number of hydrogen-bond acceptors (Lipinski definition) is 6. The number of fused-ring (bicyclic) bond motifs is 3. The molecule has 2 aliphatic rings. The second kappa shape index (κ2) is 8.39. The van der Waals surface area contributed by atoms with E-state index in [-0.39, 0.29) is 36.8 Å². The first kappa shape index (κ1) is 23.1. The van der Waals surface area contributed by atoms with E-state index in [0.717, 1.165) is 23.5 Å². The summed E-state index contributed by atoms with van der Waals surface area (Å²) in [5.74, 6) is 0.623. The van der Waals surface area contributed by atoms with Crippen molar-refractivity contribution in [3.63, 3.8) is 0 Å². The van der Waals surface area contributed by atoms with Crippen LogP contribution in [0, 0.1) is 11.3 Å². The lowest BCUT2D eigenvalue weighted by Crippen LogP contribution is -2.40. The lowest BCUT2D eigenvalue weighted by Gasteiger charge is -2.39. The summed E-state index contributed by atoms with van der Waals surface area (Å²) in [6.45, 7) is 11.8. The normalized spacial score (nSPS) is 22.2. The van der Waals surface area contributed by atoms with E-state index in [1.54, 1.807) is 6.20 Å². The Balaban J connectivity index is 1.63. The van der Waals surface area contributed by atoms with Gasteiger partial charge in [0.25, 0.3) is 0 Å². The van der Waals surface area contributed by atoms with Crippen LogP contribution in [0.4, 0.5) is 10.5 Å². The molecule has 8 nitrogen and oxygen atoms in total. The van der Waals surface area contributed by atoms with Gasteiger partial charge in [-0.2, -0.15) is 0 Å². The molecular weight excluding hydrogens is 420 g/mol. The van der Waals surface area contributed by atoms with Crippen molar-refractivity contribution in [1.29, 1.82) is 0 Å². The van der Waals surface area contributed by atoms with Gasteiger partial charge in [0.1, 0.15) is 11.4 Å². The fraction of sp³-hybridized carbons (Fsp3) is 0.560. The molecule has 33 heavy (non-hydrogen) atoms. The molecule has 8 heteroatoms. The van der Waals surface area contributed by atoms with Crippen molar-refractivity contribution in [3.8, 4) is 0 Å². The van der Waals surface area contributed by atoms with E-state index in [0.29, 0.717) is 6.54 Å². The molecule has 0 aliphatic carbocycles. The van der Waals surface area contributed by atoms with Gasteiger partial charge in [-0.15, -0.1) is 0 Å². The van der Waals surface area contributed by atoms with Gasteiger partial charge in [-0.25, -0.2) is 9.78 Å². The van der Waals surface area contributed by atoms with E-state index in [2.05, 4.69) is 16.4 Å². The Kier molecular flexibility index (Phi) is 5.88. The molecule has 3 heterocycles. The maximum Gasteiger partial charge on any atom is 0.410 e. The zero-order valence-corrected chi connectivity index (χ0v) is 20.3. The van der Waals surface area contributed by atoms with E-state index in [1.807, 2.05) is 75.4 Å². The maximum absolute atomic E-state index is 13.1. The lowest BCUT2D eigenvalue weighted by atomic mass is 9.82. The summed E-state index contributed by atoms with van der Waals surface area (Å²) >= 11 is 0. The predicted molar refractivity (Wildman–Crippen MR) is 124 cm³/mol. The Bertz CT molecular complexity index is 1030. The number of benzene rings is 1. The number of amides is 1. The number of carbonyl (C=O) groups is 2. The highest BCUT2D eigenvalue weighted by molar-refractivity contribution is 5.75. The molecule has 3 atom stereocenters. The number of likely N-dealkylation sites (tertiary alicyclic amines) is 1. The van der Waals surface area contributed by atoms with Gasteiger partial charge in [-0.1, -0.05) is 18.2 Å². The smallest absolute Gasteiger partial charge is 0.410 e. The molecule has 1 saturated heterocycles. The molecule has 4 rings (SSSR count). The van der Waals surface area contributed by atoms with Gasteiger partial charge in [0.2, 0.25) is 0 Å². The van der Waals surface area contributed by atoms with Gasteiger partial charge < -0.3 is 19.7 Å². The minimum Gasteiger partial charge on any atom is -0.444 e. The van der Waals surface area contributed by atoms with Crippen LogP contribution in [-0.2, 0) is 21.0 Å². The quantitative estimate of drug-likeness (QED) is 0.665. The fourth-order valence-electron chi connectivity index (χ4n) is 4.56. The molecule has 2 aromatic rings. The van der Waals surface area contributed by atoms with Crippen LogP contribution in [-0.4, -0.2) is 38.7 Å². The van der Waals surface area contributed by atoms with E-state index in [4.69, 9.17) is 9.47 Å². The van der Waals surface area contributed by atoms with Crippen LogP contribution in [0.25, 0.3) is 0 Å². The van der Waals surface area contributed by atoms with Crippen molar-refractivity contribution in [3.05, 3.63) is 48.0 Å². The zero-order chi connectivity index (χ0) is 24.0. The molecule has 0 bridgehead atoms. The summed E-state index contributed by atoms with van der Waals surface area (Å²) in [5, 5.41) is 3.63. The Morgan fingerprint density at radius 3 is 2.58 bits per heavy atom. The zero-order valence-electron chi connectivity index (χ0n) is 20.3. The van der Waals surface area contributed by atoms with Crippen molar-refractivity contribution in [2.75, 3.05) is 11.9 Å². The molecule has 1 aromatic carbocycles. The number of nitrogens with zero attached hydrogens (tertiary/aromatic N) is 3. The summed E-state index contributed by atoms with van der Waals surface area (Å²) in [6.07, 6.45) is 4.05. The molecule has 0 spiro atoms. The molecule has 0 radical (unpaired) electrons. The van der Waals surface area contributed by atoms with Gasteiger partial charge in [-0.05, 0) is 59.6 Å². The highest BCUT2D eigenvalue weighted by Gasteiger charge is 2.48. The average molecular weight is 455 g/mol. The Labute approximate surface area is 195 Å². The molecule has 0 saturated carbocycles. The largest absolute Gasteiger partial charge is 0.444 e. The summed E-state index contributed by atoms with van der Waals surface area (Å²) in [5.41, 5.74) is 0.918. The van der Waals surface area contributed by atoms with Crippen LogP contribution in [0.2, 0.25) is 0 Å².